The largest absolute Gasteiger partial charge is 0.497 e. The van der Waals surface area contributed by atoms with Crippen molar-refractivity contribution in [3.05, 3.63) is 53.6 Å². The van der Waals surface area contributed by atoms with Gasteiger partial charge in [-0.3, -0.25) is 4.90 Å². The van der Waals surface area contributed by atoms with Crippen LogP contribution in [0.4, 0.5) is 10.5 Å². The number of nitrogens with zero attached hydrogens (tertiary/aromatic N) is 1. The smallest absolute Gasteiger partial charge is 0.319 e. The van der Waals surface area contributed by atoms with Crippen LogP contribution in [0.5, 0.6) is 11.5 Å². The van der Waals surface area contributed by atoms with Gasteiger partial charge in [0, 0.05) is 32.2 Å². The molecule has 0 unspecified atom stereocenters. The predicted molar refractivity (Wildman–Crippen MR) is 107 cm³/mol. The van der Waals surface area contributed by atoms with Crippen LogP contribution in [0, 0.1) is 0 Å². The summed E-state index contributed by atoms with van der Waals surface area (Å²) in [6.45, 7) is 3.65. The van der Waals surface area contributed by atoms with Crippen molar-refractivity contribution in [2.75, 3.05) is 39.2 Å². The highest BCUT2D eigenvalue weighted by Gasteiger charge is 2.15. The fraction of sp³-hybridized carbons (Fsp3) is 0.381. The van der Waals surface area contributed by atoms with Gasteiger partial charge in [-0.05, 0) is 36.1 Å². The number of fused-ring (bicyclic) bond motifs is 1. The molecule has 2 aromatic carbocycles. The number of ether oxygens (including phenoxy) is 2. The Morgan fingerprint density at radius 1 is 1.11 bits per heavy atom. The zero-order valence-electron chi connectivity index (χ0n) is 16.0. The second-order valence-corrected chi connectivity index (χ2v) is 6.60. The normalized spacial score (nSPS) is 13.6. The summed E-state index contributed by atoms with van der Waals surface area (Å²) in [5.41, 5.74) is 3.46. The Kier molecular flexibility index (Phi) is 6.54. The molecule has 0 saturated heterocycles. The zero-order chi connectivity index (χ0) is 19.1. The summed E-state index contributed by atoms with van der Waals surface area (Å²) in [7, 11) is 3.16. The average Bonchev–Trinajstić information content (AvgIpc) is 2.71. The lowest BCUT2D eigenvalue weighted by Crippen LogP contribution is -2.35. The molecule has 2 N–H and O–H groups in total. The number of anilines is 1. The molecule has 0 atom stereocenters. The fourth-order valence-corrected chi connectivity index (χ4v) is 3.33. The number of carbonyl (C=O) groups excluding carboxylic acids is 1. The Labute approximate surface area is 160 Å². The van der Waals surface area contributed by atoms with Gasteiger partial charge < -0.3 is 20.1 Å². The van der Waals surface area contributed by atoms with Crippen LogP contribution in [0.25, 0.3) is 0 Å². The van der Waals surface area contributed by atoms with Gasteiger partial charge >= 0.3 is 6.03 Å². The molecule has 27 heavy (non-hydrogen) atoms. The van der Waals surface area contributed by atoms with E-state index >= 15 is 0 Å². The first kappa shape index (κ1) is 19.0. The van der Waals surface area contributed by atoms with Crippen LogP contribution in [0.2, 0.25) is 0 Å². The van der Waals surface area contributed by atoms with Gasteiger partial charge in [0.2, 0.25) is 0 Å². The van der Waals surface area contributed by atoms with E-state index in [0.29, 0.717) is 23.7 Å². The van der Waals surface area contributed by atoms with E-state index in [1.807, 2.05) is 0 Å². The Bertz CT molecular complexity index is 779. The van der Waals surface area contributed by atoms with Crippen molar-refractivity contribution in [2.24, 2.45) is 0 Å². The molecule has 0 bridgehead atoms. The van der Waals surface area contributed by atoms with E-state index in [1.54, 1.807) is 32.4 Å². The average molecular weight is 369 g/mol. The lowest BCUT2D eigenvalue weighted by Gasteiger charge is -2.28. The van der Waals surface area contributed by atoms with Crippen LogP contribution in [-0.2, 0) is 13.0 Å². The Hall–Kier alpha value is -2.73. The van der Waals surface area contributed by atoms with Crippen LogP contribution in [0.3, 0.4) is 0 Å². The van der Waals surface area contributed by atoms with Gasteiger partial charge in [0.05, 0.1) is 19.9 Å². The number of methoxy groups -OCH3 is 2. The second kappa shape index (κ2) is 9.28. The Morgan fingerprint density at radius 3 is 2.70 bits per heavy atom. The van der Waals surface area contributed by atoms with Crippen LogP contribution in [-0.4, -0.2) is 44.8 Å². The highest BCUT2D eigenvalue weighted by atomic mass is 16.5. The van der Waals surface area contributed by atoms with Gasteiger partial charge in [-0.1, -0.05) is 24.3 Å². The molecule has 3 rings (SSSR count). The summed E-state index contributed by atoms with van der Waals surface area (Å²) in [5.74, 6) is 1.26. The molecular formula is C21H27N3O3. The summed E-state index contributed by atoms with van der Waals surface area (Å²) in [6.07, 6.45) is 2.00. The van der Waals surface area contributed by atoms with Gasteiger partial charge in [-0.2, -0.15) is 0 Å². The molecule has 0 aromatic heterocycles. The molecule has 1 aliphatic heterocycles. The first-order valence-electron chi connectivity index (χ1n) is 9.25. The number of amides is 2. The molecule has 0 aliphatic carbocycles. The highest BCUT2D eigenvalue weighted by Crippen LogP contribution is 2.28. The third kappa shape index (κ3) is 5.14. The van der Waals surface area contributed by atoms with E-state index < -0.39 is 0 Å². The monoisotopic (exact) mass is 369 g/mol. The molecule has 0 saturated carbocycles. The first-order chi connectivity index (χ1) is 13.2. The standard InChI is InChI=1S/C21H27N3O3/c1-26-18-8-9-20(27-2)19(14-18)23-21(25)22-11-5-12-24-13-10-16-6-3-4-7-17(16)15-24/h3-4,6-9,14H,5,10-13,15H2,1-2H3,(H2,22,23,25). The SMILES string of the molecule is COc1ccc(OC)c(NC(=O)NCCCN2CCc3ccccc3C2)c1. The maximum atomic E-state index is 12.2. The van der Waals surface area contributed by atoms with E-state index in [-0.39, 0.29) is 6.03 Å². The van der Waals surface area contributed by atoms with Crippen LogP contribution in [0.1, 0.15) is 17.5 Å². The minimum Gasteiger partial charge on any atom is -0.497 e. The molecule has 0 radical (unpaired) electrons. The summed E-state index contributed by atoms with van der Waals surface area (Å²) in [6, 6.07) is 13.7. The number of nitrogens with one attached hydrogen (secondary N) is 2. The van der Waals surface area contributed by atoms with Crippen molar-refractivity contribution >= 4 is 11.7 Å². The maximum Gasteiger partial charge on any atom is 0.319 e. The van der Waals surface area contributed by atoms with E-state index in [1.165, 1.54) is 11.1 Å². The summed E-state index contributed by atoms with van der Waals surface area (Å²) >= 11 is 0. The predicted octanol–water partition coefficient (Wildman–Crippen LogP) is 3.27. The number of benzene rings is 2. The molecule has 6 heteroatoms. The molecular weight excluding hydrogens is 342 g/mol. The van der Waals surface area contributed by atoms with Gasteiger partial charge in [0.15, 0.2) is 0 Å². The van der Waals surface area contributed by atoms with Crippen LogP contribution >= 0.6 is 0 Å². The van der Waals surface area contributed by atoms with E-state index in [4.69, 9.17) is 9.47 Å². The van der Waals surface area contributed by atoms with Crippen LogP contribution in [0.15, 0.2) is 42.5 Å². The summed E-state index contributed by atoms with van der Waals surface area (Å²) < 4.78 is 10.5. The van der Waals surface area contributed by atoms with E-state index in [0.717, 1.165) is 32.5 Å². The molecule has 144 valence electrons. The number of carbonyl (C=O) groups is 1. The minimum absolute atomic E-state index is 0.245. The molecule has 1 heterocycles. The van der Waals surface area contributed by atoms with Crippen molar-refractivity contribution in [2.45, 2.75) is 19.4 Å². The van der Waals surface area contributed by atoms with Crippen molar-refractivity contribution in [3.63, 3.8) is 0 Å². The summed E-state index contributed by atoms with van der Waals surface area (Å²) in [5, 5.41) is 5.72. The van der Waals surface area contributed by atoms with Crippen molar-refractivity contribution in [3.8, 4) is 11.5 Å². The first-order valence-corrected chi connectivity index (χ1v) is 9.25. The topological polar surface area (TPSA) is 62.8 Å². The molecule has 2 amide bonds. The van der Waals surface area contributed by atoms with E-state index in [2.05, 4.69) is 39.8 Å². The van der Waals surface area contributed by atoms with Crippen LogP contribution < -0.4 is 20.1 Å². The van der Waals surface area contributed by atoms with Gasteiger partial charge in [0.25, 0.3) is 0 Å². The molecule has 6 nitrogen and oxygen atoms in total. The third-order valence-corrected chi connectivity index (χ3v) is 4.80. The van der Waals surface area contributed by atoms with Crippen molar-refractivity contribution < 1.29 is 14.3 Å². The minimum atomic E-state index is -0.245. The Balaban J connectivity index is 1.42. The van der Waals surface area contributed by atoms with Crippen molar-refractivity contribution in [1.82, 2.24) is 10.2 Å². The number of hydrogen-bond acceptors (Lipinski definition) is 4. The lowest BCUT2D eigenvalue weighted by atomic mass is 10.00. The molecule has 0 spiro atoms. The van der Waals surface area contributed by atoms with Crippen molar-refractivity contribution in [1.29, 1.82) is 0 Å². The Morgan fingerprint density at radius 2 is 1.93 bits per heavy atom. The number of rotatable bonds is 7. The van der Waals surface area contributed by atoms with Gasteiger partial charge in [0.1, 0.15) is 11.5 Å². The molecule has 0 fully saturated rings. The number of hydrogen-bond donors (Lipinski definition) is 2. The third-order valence-electron chi connectivity index (χ3n) is 4.80. The molecule has 1 aliphatic rings. The molecule has 2 aromatic rings. The second-order valence-electron chi connectivity index (χ2n) is 6.60. The van der Waals surface area contributed by atoms with Gasteiger partial charge in [-0.25, -0.2) is 4.79 Å². The quantitative estimate of drug-likeness (QED) is 0.736. The summed E-state index contributed by atoms with van der Waals surface area (Å²) in [4.78, 5) is 14.6. The highest BCUT2D eigenvalue weighted by molar-refractivity contribution is 5.91. The fourth-order valence-electron chi connectivity index (χ4n) is 3.33. The zero-order valence-corrected chi connectivity index (χ0v) is 16.0. The number of urea groups is 1. The van der Waals surface area contributed by atoms with Gasteiger partial charge in [-0.15, -0.1) is 0 Å². The van der Waals surface area contributed by atoms with E-state index in [9.17, 15) is 4.79 Å². The maximum absolute atomic E-state index is 12.2. The lowest BCUT2D eigenvalue weighted by molar-refractivity contribution is 0.242.